The molecule has 1 aliphatic rings. The average molecular weight is 534 g/mol. The maximum Gasteiger partial charge on any atom is 0.251 e. The zero-order valence-corrected chi connectivity index (χ0v) is 21.6. The van der Waals surface area contributed by atoms with Crippen LogP contribution in [0, 0.1) is 0 Å². The van der Waals surface area contributed by atoms with Crippen molar-refractivity contribution in [3.8, 4) is 11.5 Å². The maximum absolute atomic E-state index is 12.4. The van der Waals surface area contributed by atoms with Gasteiger partial charge in [-0.25, -0.2) is 9.97 Å². The number of likely N-dealkylation sites (tertiary alicyclic amines) is 1. The Morgan fingerprint density at radius 3 is 2.82 bits per heavy atom. The molecule has 9 nitrogen and oxygen atoms in total. The second kappa shape index (κ2) is 11.6. The molecule has 1 fully saturated rings. The highest BCUT2D eigenvalue weighted by molar-refractivity contribution is 6.32. The van der Waals surface area contributed by atoms with Gasteiger partial charge in [0.1, 0.15) is 43.0 Å². The lowest BCUT2D eigenvalue weighted by atomic mass is 10.2. The lowest BCUT2D eigenvalue weighted by Crippen LogP contribution is -2.43. The molecule has 0 radical (unpaired) electrons. The molecule has 0 aliphatic carbocycles. The van der Waals surface area contributed by atoms with Crippen molar-refractivity contribution in [1.29, 1.82) is 0 Å². The summed E-state index contributed by atoms with van der Waals surface area (Å²) >= 11 is 6.50. The number of pyridine rings is 1. The van der Waals surface area contributed by atoms with E-state index in [1.807, 2.05) is 42.5 Å². The van der Waals surface area contributed by atoms with Crippen LogP contribution in [0.15, 0.2) is 67.1 Å². The smallest absolute Gasteiger partial charge is 0.251 e. The van der Waals surface area contributed by atoms with E-state index in [0.717, 1.165) is 24.2 Å². The van der Waals surface area contributed by atoms with Crippen molar-refractivity contribution in [3.63, 3.8) is 0 Å². The summed E-state index contributed by atoms with van der Waals surface area (Å²) in [5, 5.41) is 14.2. The molecule has 2 atom stereocenters. The predicted octanol–water partition coefficient (Wildman–Crippen LogP) is 4.75. The number of benzene rings is 2. The molecule has 0 saturated carbocycles. The van der Waals surface area contributed by atoms with Crippen LogP contribution in [0.4, 0.5) is 11.5 Å². The van der Waals surface area contributed by atoms with Gasteiger partial charge >= 0.3 is 0 Å². The Labute approximate surface area is 225 Å². The summed E-state index contributed by atoms with van der Waals surface area (Å²) in [5.41, 5.74) is 2.24. The molecule has 1 saturated heterocycles. The first-order valence-electron chi connectivity index (χ1n) is 12.4. The molecule has 38 heavy (non-hydrogen) atoms. The van der Waals surface area contributed by atoms with Crippen molar-refractivity contribution >= 4 is 39.9 Å². The van der Waals surface area contributed by atoms with Gasteiger partial charge in [0.25, 0.3) is 5.91 Å². The van der Waals surface area contributed by atoms with Crippen molar-refractivity contribution < 1.29 is 19.4 Å². The topological polar surface area (TPSA) is 110 Å². The number of ether oxygens (including phenoxy) is 2. The second-order valence-electron chi connectivity index (χ2n) is 9.07. The number of hydrogen-bond donors (Lipinski definition) is 2. The molecule has 1 unspecified atom stereocenters. The van der Waals surface area contributed by atoms with E-state index in [0.29, 0.717) is 53.0 Å². The molecule has 0 spiro atoms. The van der Waals surface area contributed by atoms with Gasteiger partial charge in [-0.3, -0.25) is 9.78 Å². The molecule has 0 bridgehead atoms. The average Bonchev–Trinajstić information content (AvgIpc) is 3.40. The molecule has 2 aromatic heterocycles. The summed E-state index contributed by atoms with van der Waals surface area (Å²) < 4.78 is 12.0. The molecule has 10 heteroatoms. The zero-order valence-electron chi connectivity index (χ0n) is 20.9. The standard InChI is InChI=1S/C28H28ClN5O4/c1-18(35)28(36)34-13-5-7-21(34)16-38-25-9-4-8-23-26(25)27(32-17-31-23)33-19-10-11-24(22(29)14-19)37-15-20-6-2-3-12-30-20/h2-4,6,8-12,14,17-18,21,35H,5,7,13,15-16H2,1H3,(H,31,32,33)/t18?,21-/m1/s1. The van der Waals surface area contributed by atoms with Crippen molar-refractivity contribution in [2.45, 2.75) is 38.5 Å². The minimum atomic E-state index is -1.03. The second-order valence-corrected chi connectivity index (χ2v) is 9.47. The van der Waals surface area contributed by atoms with Gasteiger partial charge in [-0.1, -0.05) is 23.7 Å². The van der Waals surface area contributed by atoms with Crippen LogP contribution < -0.4 is 14.8 Å². The number of aliphatic hydroxyl groups excluding tert-OH is 1. The first kappa shape index (κ1) is 25.7. The van der Waals surface area contributed by atoms with Crippen LogP contribution in [0.2, 0.25) is 5.02 Å². The van der Waals surface area contributed by atoms with Crippen LogP contribution in [-0.4, -0.2) is 56.2 Å². The maximum atomic E-state index is 12.4. The van der Waals surface area contributed by atoms with Crippen LogP contribution >= 0.6 is 11.6 Å². The highest BCUT2D eigenvalue weighted by atomic mass is 35.5. The fourth-order valence-electron chi connectivity index (χ4n) is 4.49. The number of anilines is 2. The molecule has 2 aromatic carbocycles. The molecule has 1 amide bonds. The van der Waals surface area contributed by atoms with Crippen LogP contribution in [-0.2, 0) is 11.4 Å². The molecule has 5 rings (SSSR count). The third kappa shape index (κ3) is 5.79. The molecule has 2 N–H and O–H groups in total. The minimum absolute atomic E-state index is 0.106. The molecule has 196 valence electrons. The van der Waals surface area contributed by atoms with Crippen LogP contribution in [0.1, 0.15) is 25.5 Å². The fourth-order valence-corrected chi connectivity index (χ4v) is 4.72. The Morgan fingerprint density at radius 1 is 1.13 bits per heavy atom. The number of halogens is 1. The van der Waals surface area contributed by atoms with Crippen LogP contribution in [0.25, 0.3) is 10.9 Å². The van der Waals surface area contributed by atoms with Crippen LogP contribution in [0.5, 0.6) is 11.5 Å². The van der Waals surface area contributed by atoms with Gasteiger partial charge in [0, 0.05) is 18.4 Å². The van der Waals surface area contributed by atoms with Gasteiger partial charge in [-0.2, -0.15) is 0 Å². The monoisotopic (exact) mass is 533 g/mol. The Hall–Kier alpha value is -3.95. The third-order valence-corrected chi connectivity index (χ3v) is 6.67. The van der Waals surface area contributed by atoms with E-state index in [2.05, 4.69) is 20.3 Å². The number of nitrogens with zero attached hydrogens (tertiary/aromatic N) is 4. The van der Waals surface area contributed by atoms with E-state index >= 15 is 0 Å². The number of aliphatic hydroxyl groups is 1. The van der Waals surface area contributed by atoms with E-state index in [1.165, 1.54) is 13.3 Å². The van der Waals surface area contributed by atoms with Gasteiger partial charge in [-0.05, 0) is 62.2 Å². The minimum Gasteiger partial charge on any atom is -0.491 e. The summed E-state index contributed by atoms with van der Waals surface area (Å²) in [6, 6.07) is 16.6. The summed E-state index contributed by atoms with van der Waals surface area (Å²) in [7, 11) is 0. The fraction of sp³-hybridized carbons (Fsp3) is 0.286. The highest BCUT2D eigenvalue weighted by Crippen LogP contribution is 2.34. The number of nitrogens with one attached hydrogen (secondary N) is 1. The third-order valence-electron chi connectivity index (χ3n) is 6.37. The normalized spacial score (nSPS) is 15.9. The Balaban J connectivity index is 1.33. The van der Waals surface area contributed by atoms with E-state index in [-0.39, 0.29) is 11.9 Å². The summed E-state index contributed by atoms with van der Waals surface area (Å²) in [5.74, 6) is 1.44. The van der Waals surface area contributed by atoms with Gasteiger partial charge in [-0.15, -0.1) is 0 Å². The van der Waals surface area contributed by atoms with E-state index in [1.54, 1.807) is 23.2 Å². The summed E-state index contributed by atoms with van der Waals surface area (Å²) in [6.07, 6.45) is 3.87. The van der Waals surface area contributed by atoms with Crippen molar-refractivity contribution in [3.05, 3.63) is 77.8 Å². The Bertz CT molecular complexity index is 1410. The SMILES string of the molecule is CC(O)C(=O)N1CCC[C@@H]1COc1cccc2ncnc(Nc3ccc(OCc4ccccn4)c(Cl)c3)c12. The van der Waals surface area contributed by atoms with Crippen molar-refractivity contribution in [2.75, 3.05) is 18.5 Å². The van der Waals surface area contributed by atoms with Gasteiger partial charge in [0.15, 0.2) is 0 Å². The van der Waals surface area contributed by atoms with E-state index in [4.69, 9.17) is 21.1 Å². The number of rotatable bonds is 9. The highest BCUT2D eigenvalue weighted by Gasteiger charge is 2.31. The number of carbonyl (C=O) groups is 1. The Kier molecular flexibility index (Phi) is 7.86. The zero-order chi connectivity index (χ0) is 26.5. The predicted molar refractivity (Wildman–Crippen MR) is 145 cm³/mol. The molecule has 4 aromatic rings. The van der Waals surface area contributed by atoms with Gasteiger partial charge < -0.3 is 24.8 Å². The number of aromatic nitrogens is 3. The lowest BCUT2D eigenvalue weighted by molar-refractivity contribution is -0.140. The van der Waals surface area contributed by atoms with Gasteiger partial charge in [0.05, 0.1) is 27.7 Å². The van der Waals surface area contributed by atoms with Crippen LogP contribution in [0.3, 0.4) is 0 Å². The van der Waals surface area contributed by atoms with Gasteiger partial charge in [0.2, 0.25) is 0 Å². The summed E-state index contributed by atoms with van der Waals surface area (Å²) in [6.45, 7) is 2.72. The lowest BCUT2D eigenvalue weighted by Gasteiger charge is -2.26. The van der Waals surface area contributed by atoms with Crippen molar-refractivity contribution in [1.82, 2.24) is 19.9 Å². The van der Waals surface area contributed by atoms with E-state index in [9.17, 15) is 9.90 Å². The molecular weight excluding hydrogens is 506 g/mol. The number of carbonyl (C=O) groups excluding carboxylic acids is 1. The molecule has 1 aliphatic heterocycles. The quantitative estimate of drug-likeness (QED) is 0.317. The number of amides is 1. The number of fused-ring (bicyclic) bond motifs is 1. The van der Waals surface area contributed by atoms with E-state index < -0.39 is 6.10 Å². The first-order valence-corrected chi connectivity index (χ1v) is 12.8. The summed E-state index contributed by atoms with van der Waals surface area (Å²) in [4.78, 5) is 27.2. The molecule has 3 heterocycles. The first-order chi connectivity index (χ1) is 18.5. The number of hydrogen-bond acceptors (Lipinski definition) is 8. The van der Waals surface area contributed by atoms with Crippen molar-refractivity contribution in [2.24, 2.45) is 0 Å². The Morgan fingerprint density at radius 2 is 2.03 bits per heavy atom. The molecular formula is C28H28ClN5O4. The largest absolute Gasteiger partial charge is 0.491 e.